The van der Waals surface area contributed by atoms with E-state index in [1.54, 1.807) is 0 Å². The summed E-state index contributed by atoms with van der Waals surface area (Å²) in [5, 5.41) is 0. The molecule has 0 aromatic heterocycles. The zero-order valence-electron chi connectivity index (χ0n) is 28.5. The van der Waals surface area contributed by atoms with Crippen LogP contribution in [0.2, 0.25) is 0 Å². The maximum absolute atomic E-state index is 4.53. The first-order valence-electron chi connectivity index (χ1n) is 18.2. The van der Waals surface area contributed by atoms with Crippen LogP contribution in [0.15, 0.2) is 24.4 Å². The fourth-order valence-corrected chi connectivity index (χ4v) is 5.77. The first kappa shape index (κ1) is 39.2. The summed E-state index contributed by atoms with van der Waals surface area (Å²) in [4.78, 5) is 4.92. The smallest absolute Gasteiger partial charge is 0.0211 e. The van der Waals surface area contributed by atoms with E-state index in [1.165, 1.54) is 185 Å². The molecule has 0 radical (unpaired) electrons. The van der Waals surface area contributed by atoms with E-state index in [1.807, 2.05) is 0 Å². The van der Waals surface area contributed by atoms with Gasteiger partial charge in [-0.05, 0) is 65.6 Å². The Bertz CT molecular complexity index is 538. The van der Waals surface area contributed by atoms with Crippen LogP contribution in [0.25, 0.3) is 0 Å². The zero-order valence-corrected chi connectivity index (χ0v) is 28.5. The number of unbranched alkanes of at least 4 members (excludes halogenated alkanes) is 21. The second kappa shape index (κ2) is 31.2. The Morgan fingerprint density at radius 2 is 0.775 bits per heavy atom. The molecule has 0 aliphatic carbocycles. The van der Waals surface area contributed by atoms with E-state index < -0.39 is 0 Å². The monoisotopic (exact) mass is 561 g/mol. The Labute approximate surface area is 254 Å². The van der Waals surface area contributed by atoms with E-state index in [2.05, 4.69) is 50.9 Å². The van der Waals surface area contributed by atoms with Crippen molar-refractivity contribution in [3.8, 4) is 0 Å². The number of allylic oxidation sites excluding steroid dienone is 1. The molecular weight excluding hydrogens is 484 g/mol. The molecule has 2 nitrogen and oxygen atoms in total. The van der Waals surface area contributed by atoms with Gasteiger partial charge in [-0.1, -0.05) is 161 Å². The highest BCUT2D eigenvalue weighted by Gasteiger charge is 2.09. The number of rotatable bonds is 33. The van der Waals surface area contributed by atoms with Gasteiger partial charge in [0.05, 0.1) is 0 Å². The van der Waals surface area contributed by atoms with Gasteiger partial charge in [0.2, 0.25) is 0 Å². The van der Waals surface area contributed by atoms with Crippen molar-refractivity contribution in [1.82, 2.24) is 9.80 Å². The Hall–Kier alpha value is -0.760. The summed E-state index contributed by atoms with van der Waals surface area (Å²) in [5.41, 5.74) is 2.83. The summed E-state index contributed by atoms with van der Waals surface area (Å²) in [7, 11) is 4.35. The summed E-state index contributed by atoms with van der Waals surface area (Å²) in [6, 6.07) is 0. The molecule has 0 amide bonds. The van der Waals surface area contributed by atoms with Crippen LogP contribution < -0.4 is 0 Å². The van der Waals surface area contributed by atoms with Gasteiger partial charge in [-0.15, -0.1) is 0 Å². The van der Waals surface area contributed by atoms with Crippen molar-refractivity contribution in [2.75, 3.05) is 33.7 Å². The van der Waals surface area contributed by atoms with E-state index in [0.717, 1.165) is 19.4 Å². The molecule has 0 aliphatic rings. The van der Waals surface area contributed by atoms with Gasteiger partial charge in [-0.25, -0.2) is 0 Å². The molecule has 0 saturated carbocycles. The van der Waals surface area contributed by atoms with Gasteiger partial charge >= 0.3 is 0 Å². The molecule has 2 heteroatoms. The van der Waals surface area contributed by atoms with Crippen LogP contribution in [0.1, 0.15) is 187 Å². The second-order valence-electron chi connectivity index (χ2n) is 13.1. The Morgan fingerprint density at radius 3 is 1.23 bits per heavy atom. The third kappa shape index (κ3) is 28.8. The van der Waals surface area contributed by atoms with E-state index in [9.17, 15) is 0 Å². The Morgan fingerprint density at radius 1 is 0.400 bits per heavy atom. The SMILES string of the molecule is C=C(CCCCCCCCCCCCC)CCN(CCCCCCCCCCCCC)C(=C)CCCCN(C)C. The molecule has 0 rings (SSSR count). The van der Waals surface area contributed by atoms with Gasteiger partial charge in [-0.3, -0.25) is 0 Å². The minimum atomic E-state index is 1.13. The molecule has 0 heterocycles. The molecule has 0 bridgehead atoms. The molecule has 0 saturated heterocycles. The van der Waals surface area contributed by atoms with Gasteiger partial charge in [0.15, 0.2) is 0 Å². The predicted molar refractivity (Wildman–Crippen MR) is 184 cm³/mol. The Balaban J connectivity index is 4.09. The highest BCUT2D eigenvalue weighted by molar-refractivity contribution is 4.99. The fourth-order valence-electron chi connectivity index (χ4n) is 5.77. The maximum atomic E-state index is 4.53. The first-order chi connectivity index (χ1) is 19.5. The highest BCUT2D eigenvalue weighted by Crippen LogP contribution is 2.19. The highest BCUT2D eigenvalue weighted by atomic mass is 15.1. The molecule has 0 fully saturated rings. The van der Waals surface area contributed by atoms with Gasteiger partial charge in [0.25, 0.3) is 0 Å². The number of hydrogen-bond acceptors (Lipinski definition) is 2. The summed E-state index contributed by atoms with van der Waals surface area (Å²) < 4.78 is 0. The van der Waals surface area contributed by atoms with Gasteiger partial charge in [0, 0.05) is 18.8 Å². The first-order valence-corrected chi connectivity index (χ1v) is 18.2. The standard InChI is InChI=1S/C38H76N2/c1-7-9-11-13-15-17-19-21-23-25-27-31-37(3)33-36-40(38(4)32-28-30-34-39(5)6)35-29-26-24-22-20-18-16-14-12-10-8-2/h3-4,7-36H2,1-2,5-6H3. The number of nitrogens with zero attached hydrogens (tertiary/aromatic N) is 2. The van der Waals surface area contributed by atoms with Crippen molar-refractivity contribution in [1.29, 1.82) is 0 Å². The zero-order chi connectivity index (χ0) is 29.5. The van der Waals surface area contributed by atoms with Crippen molar-refractivity contribution >= 4 is 0 Å². The van der Waals surface area contributed by atoms with Gasteiger partial charge in [0.1, 0.15) is 0 Å². The lowest BCUT2D eigenvalue weighted by Crippen LogP contribution is -2.25. The normalized spacial score (nSPS) is 11.4. The fraction of sp³-hybridized carbons (Fsp3) is 0.895. The summed E-state index contributed by atoms with van der Waals surface area (Å²) in [6.45, 7) is 17.1. The van der Waals surface area contributed by atoms with Gasteiger partial charge < -0.3 is 9.80 Å². The van der Waals surface area contributed by atoms with E-state index in [0.29, 0.717) is 0 Å². The largest absolute Gasteiger partial charge is 0.375 e. The molecule has 0 atom stereocenters. The van der Waals surface area contributed by atoms with E-state index in [-0.39, 0.29) is 0 Å². The maximum Gasteiger partial charge on any atom is 0.0211 e. The second-order valence-corrected chi connectivity index (χ2v) is 13.1. The van der Waals surface area contributed by atoms with Crippen LogP contribution in [-0.2, 0) is 0 Å². The van der Waals surface area contributed by atoms with Crippen LogP contribution in [0, 0.1) is 0 Å². The summed E-state index contributed by atoms with van der Waals surface area (Å²) >= 11 is 0. The lowest BCUT2D eigenvalue weighted by molar-refractivity contribution is 0.318. The van der Waals surface area contributed by atoms with Crippen molar-refractivity contribution in [2.45, 2.75) is 187 Å². The summed E-state index contributed by atoms with van der Waals surface area (Å²) in [5.74, 6) is 0. The molecule has 0 N–H and O–H groups in total. The lowest BCUT2D eigenvalue weighted by atomic mass is 10.0. The average molecular weight is 561 g/mol. The van der Waals surface area contributed by atoms with Crippen LogP contribution >= 0.6 is 0 Å². The third-order valence-electron chi connectivity index (χ3n) is 8.67. The molecular formula is C38H76N2. The topological polar surface area (TPSA) is 6.48 Å². The van der Waals surface area contributed by atoms with Crippen molar-refractivity contribution in [3.63, 3.8) is 0 Å². The van der Waals surface area contributed by atoms with E-state index >= 15 is 0 Å². The molecule has 0 aromatic carbocycles. The molecule has 0 unspecified atom stereocenters. The van der Waals surface area contributed by atoms with Crippen molar-refractivity contribution < 1.29 is 0 Å². The van der Waals surface area contributed by atoms with E-state index in [4.69, 9.17) is 0 Å². The predicted octanol–water partition coefficient (Wildman–Crippen LogP) is 12.5. The number of hydrogen-bond donors (Lipinski definition) is 0. The van der Waals surface area contributed by atoms with Gasteiger partial charge in [-0.2, -0.15) is 0 Å². The van der Waals surface area contributed by atoms with Crippen molar-refractivity contribution in [3.05, 3.63) is 24.4 Å². The van der Waals surface area contributed by atoms with Crippen molar-refractivity contribution in [2.24, 2.45) is 0 Å². The van der Waals surface area contributed by atoms with Crippen LogP contribution in [-0.4, -0.2) is 43.5 Å². The minimum absolute atomic E-state index is 1.13. The van der Waals surface area contributed by atoms with Crippen LogP contribution in [0.4, 0.5) is 0 Å². The van der Waals surface area contributed by atoms with Crippen LogP contribution in [0.3, 0.4) is 0 Å². The average Bonchev–Trinajstić information content (AvgIpc) is 2.94. The van der Waals surface area contributed by atoms with Crippen LogP contribution in [0.5, 0.6) is 0 Å². The Kier molecular flexibility index (Phi) is 30.6. The quantitative estimate of drug-likeness (QED) is 0.0581. The lowest BCUT2D eigenvalue weighted by Gasteiger charge is -2.28. The third-order valence-corrected chi connectivity index (χ3v) is 8.67. The molecule has 0 aliphatic heterocycles. The molecule has 0 spiro atoms. The molecule has 238 valence electrons. The summed E-state index contributed by atoms with van der Waals surface area (Å²) in [6.07, 6.45) is 37.1. The molecule has 0 aromatic rings. The molecule has 40 heavy (non-hydrogen) atoms. The minimum Gasteiger partial charge on any atom is -0.375 e.